The lowest BCUT2D eigenvalue weighted by Crippen LogP contribution is -2.38. The molecule has 0 aliphatic rings. The molecule has 2 aromatic carbocycles. The predicted octanol–water partition coefficient (Wildman–Crippen LogP) is 4.98. The van der Waals surface area contributed by atoms with Crippen LogP contribution in [0.1, 0.15) is 12.5 Å². The average Bonchev–Trinajstić information content (AvgIpc) is 2.43. The van der Waals surface area contributed by atoms with Crippen molar-refractivity contribution in [3.63, 3.8) is 0 Å². The molecule has 0 fully saturated rings. The van der Waals surface area contributed by atoms with Gasteiger partial charge >= 0.3 is 0 Å². The Balaban J connectivity index is 1.98. The largest absolute Gasteiger partial charge is 0.489 e. The van der Waals surface area contributed by atoms with Crippen molar-refractivity contribution in [3.8, 4) is 5.75 Å². The minimum absolute atomic E-state index is 0.155. The van der Waals surface area contributed by atoms with Crippen LogP contribution in [0.15, 0.2) is 42.5 Å². The van der Waals surface area contributed by atoms with Gasteiger partial charge in [-0.25, -0.2) is 0 Å². The third kappa shape index (κ3) is 4.79. The summed E-state index contributed by atoms with van der Waals surface area (Å²) < 4.78 is 5.81. The van der Waals surface area contributed by atoms with Gasteiger partial charge in [-0.1, -0.05) is 46.9 Å². The van der Waals surface area contributed by atoms with E-state index in [1.807, 2.05) is 31.2 Å². The Labute approximate surface area is 139 Å². The number of hydrogen-bond acceptors (Lipinski definition) is 2. The first-order valence-electron chi connectivity index (χ1n) is 6.57. The summed E-state index contributed by atoms with van der Waals surface area (Å²) in [7, 11) is 0. The molecule has 0 aliphatic carbocycles. The summed E-state index contributed by atoms with van der Waals surface area (Å²) in [6, 6.07) is 12.6. The fourth-order valence-corrected chi connectivity index (χ4v) is 2.45. The lowest BCUT2D eigenvalue weighted by atomic mass is 10.0. The van der Waals surface area contributed by atoms with Crippen LogP contribution in [0.25, 0.3) is 0 Å². The molecular weight excluding hydrogens is 329 g/mol. The van der Waals surface area contributed by atoms with Crippen LogP contribution in [0, 0.1) is 0 Å². The van der Waals surface area contributed by atoms with Crippen molar-refractivity contribution in [2.75, 3.05) is 0 Å². The zero-order chi connectivity index (χ0) is 15.4. The first kappa shape index (κ1) is 16.4. The summed E-state index contributed by atoms with van der Waals surface area (Å²) in [5.74, 6) is 0.708. The van der Waals surface area contributed by atoms with E-state index >= 15 is 0 Å². The quantitative estimate of drug-likeness (QED) is 0.830. The molecule has 21 heavy (non-hydrogen) atoms. The van der Waals surface area contributed by atoms with Crippen LogP contribution >= 0.6 is 34.8 Å². The molecule has 2 unspecified atom stereocenters. The molecule has 0 aromatic heterocycles. The van der Waals surface area contributed by atoms with Gasteiger partial charge in [-0.15, -0.1) is 0 Å². The van der Waals surface area contributed by atoms with Gasteiger partial charge in [-0.3, -0.25) is 0 Å². The Morgan fingerprint density at radius 1 is 1.05 bits per heavy atom. The van der Waals surface area contributed by atoms with E-state index in [0.29, 0.717) is 27.2 Å². The van der Waals surface area contributed by atoms with Crippen LogP contribution < -0.4 is 10.5 Å². The third-order valence-corrected chi connectivity index (χ3v) is 4.15. The molecule has 2 atom stereocenters. The molecule has 2 aromatic rings. The number of rotatable bonds is 5. The second-order valence-corrected chi connectivity index (χ2v) is 6.15. The Bertz CT molecular complexity index is 618. The van der Waals surface area contributed by atoms with E-state index < -0.39 is 0 Å². The maximum atomic E-state index is 6.19. The molecule has 0 aliphatic heterocycles. The van der Waals surface area contributed by atoms with Crippen molar-refractivity contribution in [2.24, 2.45) is 5.73 Å². The van der Waals surface area contributed by atoms with E-state index in [9.17, 15) is 0 Å². The number of nitrogens with two attached hydrogens (primary N) is 1. The topological polar surface area (TPSA) is 35.2 Å². The molecule has 2 rings (SSSR count). The van der Waals surface area contributed by atoms with E-state index in [2.05, 4.69) is 0 Å². The van der Waals surface area contributed by atoms with Gasteiger partial charge in [-0.05, 0) is 49.2 Å². The summed E-state index contributed by atoms with van der Waals surface area (Å²) in [6.07, 6.45) is 0.497. The molecule has 0 saturated heterocycles. The van der Waals surface area contributed by atoms with Gasteiger partial charge in [0, 0.05) is 11.1 Å². The van der Waals surface area contributed by atoms with Crippen molar-refractivity contribution >= 4 is 34.8 Å². The maximum absolute atomic E-state index is 6.19. The smallest absolute Gasteiger partial charge is 0.121 e. The van der Waals surface area contributed by atoms with Crippen LogP contribution in [-0.2, 0) is 6.42 Å². The summed E-state index contributed by atoms with van der Waals surface area (Å²) in [5.41, 5.74) is 7.22. The summed E-state index contributed by atoms with van der Waals surface area (Å²) in [6.45, 7) is 1.93. The molecule has 112 valence electrons. The predicted molar refractivity (Wildman–Crippen MR) is 89.7 cm³/mol. The van der Waals surface area contributed by atoms with Crippen molar-refractivity contribution < 1.29 is 4.74 Å². The second kappa shape index (κ2) is 7.37. The highest BCUT2D eigenvalue weighted by molar-refractivity contribution is 6.42. The van der Waals surface area contributed by atoms with Crippen LogP contribution in [0.3, 0.4) is 0 Å². The van der Waals surface area contributed by atoms with Crippen molar-refractivity contribution in [3.05, 3.63) is 63.1 Å². The van der Waals surface area contributed by atoms with Crippen molar-refractivity contribution in [2.45, 2.75) is 25.5 Å². The van der Waals surface area contributed by atoms with Crippen molar-refractivity contribution in [1.29, 1.82) is 0 Å². The Morgan fingerprint density at radius 3 is 2.48 bits per heavy atom. The van der Waals surface area contributed by atoms with Gasteiger partial charge in [0.05, 0.1) is 10.0 Å². The molecular formula is C16H16Cl3NO. The zero-order valence-electron chi connectivity index (χ0n) is 11.5. The SMILES string of the molecule is CC(Oc1cccc(Cl)c1)C(N)Cc1ccc(Cl)c(Cl)c1. The molecule has 0 bridgehead atoms. The summed E-state index contributed by atoms with van der Waals surface area (Å²) in [4.78, 5) is 0. The minimum atomic E-state index is -0.166. The second-order valence-electron chi connectivity index (χ2n) is 4.90. The number of benzene rings is 2. The first-order chi connectivity index (χ1) is 9.95. The van der Waals surface area contributed by atoms with Crippen molar-refractivity contribution in [1.82, 2.24) is 0 Å². The normalized spacial score (nSPS) is 13.8. The minimum Gasteiger partial charge on any atom is -0.489 e. The Morgan fingerprint density at radius 2 is 1.81 bits per heavy atom. The molecule has 0 saturated carbocycles. The fourth-order valence-electron chi connectivity index (χ4n) is 1.95. The van der Waals surface area contributed by atoms with E-state index in [4.69, 9.17) is 45.3 Å². The van der Waals surface area contributed by atoms with Crippen LogP contribution in [0.2, 0.25) is 15.1 Å². The Hall–Kier alpha value is -0.930. The van der Waals surface area contributed by atoms with Crippen LogP contribution in [0.4, 0.5) is 0 Å². The van der Waals surface area contributed by atoms with E-state index in [0.717, 1.165) is 5.56 Å². The first-order valence-corrected chi connectivity index (χ1v) is 7.71. The van der Waals surface area contributed by atoms with E-state index in [1.165, 1.54) is 0 Å². The van der Waals surface area contributed by atoms with Gasteiger partial charge in [-0.2, -0.15) is 0 Å². The highest BCUT2D eigenvalue weighted by Gasteiger charge is 2.16. The van der Waals surface area contributed by atoms with E-state index in [-0.39, 0.29) is 12.1 Å². The van der Waals surface area contributed by atoms with Gasteiger partial charge in [0.1, 0.15) is 11.9 Å². The number of halogens is 3. The van der Waals surface area contributed by atoms with Gasteiger partial charge in [0.15, 0.2) is 0 Å². The molecule has 0 spiro atoms. The Kier molecular flexibility index (Phi) is 5.77. The maximum Gasteiger partial charge on any atom is 0.121 e. The standard InChI is InChI=1S/C16H16Cl3NO/c1-10(21-13-4-2-3-12(17)9-13)16(20)8-11-5-6-14(18)15(19)7-11/h2-7,9-10,16H,8,20H2,1H3. The lowest BCUT2D eigenvalue weighted by Gasteiger charge is -2.22. The average molecular weight is 345 g/mol. The molecule has 2 nitrogen and oxygen atoms in total. The van der Waals surface area contributed by atoms with Gasteiger partial charge < -0.3 is 10.5 Å². The molecule has 0 radical (unpaired) electrons. The summed E-state index contributed by atoms with van der Waals surface area (Å²) >= 11 is 17.8. The molecule has 5 heteroatoms. The van der Waals surface area contributed by atoms with E-state index in [1.54, 1.807) is 18.2 Å². The van der Waals surface area contributed by atoms with Gasteiger partial charge in [0.25, 0.3) is 0 Å². The van der Waals surface area contributed by atoms with Gasteiger partial charge in [0.2, 0.25) is 0 Å². The summed E-state index contributed by atoms with van der Waals surface area (Å²) in [5, 5.41) is 1.71. The zero-order valence-corrected chi connectivity index (χ0v) is 13.8. The highest BCUT2D eigenvalue weighted by Crippen LogP contribution is 2.24. The fraction of sp³-hybridized carbons (Fsp3) is 0.250. The van der Waals surface area contributed by atoms with Crippen LogP contribution in [-0.4, -0.2) is 12.1 Å². The molecule has 0 amide bonds. The highest BCUT2D eigenvalue weighted by atomic mass is 35.5. The molecule has 2 N–H and O–H groups in total. The monoisotopic (exact) mass is 343 g/mol. The molecule has 0 heterocycles. The number of hydrogen-bond donors (Lipinski definition) is 1. The number of ether oxygens (including phenoxy) is 1. The lowest BCUT2D eigenvalue weighted by molar-refractivity contribution is 0.189. The van der Waals surface area contributed by atoms with Crippen LogP contribution in [0.5, 0.6) is 5.75 Å². The third-order valence-electron chi connectivity index (χ3n) is 3.18.